The van der Waals surface area contributed by atoms with E-state index in [-0.39, 0.29) is 11.6 Å². The van der Waals surface area contributed by atoms with Crippen LogP contribution in [0.3, 0.4) is 0 Å². The zero-order valence-corrected chi connectivity index (χ0v) is 18.4. The van der Waals surface area contributed by atoms with Gasteiger partial charge < -0.3 is 24.4 Å². The Labute approximate surface area is 192 Å². The number of carbonyl (C=O) groups is 2. The summed E-state index contributed by atoms with van der Waals surface area (Å²) in [6, 6.07) is 24.3. The standard InChI is InChI=1S/C26H26N2O5/c1-31-25(29)22-18-21(27-26(30)28-14-16-32-17-15-28)12-13-23(22)33-24(19-8-4-2-5-9-19)20-10-6-3-7-11-20/h2-13,18,24H,14-17H2,1H3,(H,27,30). The third-order valence-corrected chi connectivity index (χ3v) is 5.38. The molecule has 1 aliphatic heterocycles. The Kier molecular flexibility index (Phi) is 7.22. The minimum absolute atomic E-state index is 0.231. The predicted octanol–water partition coefficient (Wildman–Crippen LogP) is 4.51. The van der Waals surface area contributed by atoms with E-state index in [1.807, 2.05) is 60.7 Å². The van der Waals surface area contributed by atoms with Gasteiger partial charge in [0.25, 0.3) is 0 Å². The number of amides is 2. The molecule has 0 radical (unpaired) electrons. The summed E-state index contributed by atoms with van der Waals surface area (Å²) in [7, 11) is 1.32. The lowest BCUT2D eigenvalue weighted by Gasteiger charge is -2.27. The minimum atomic E-state index is -0.549. The van der Waals surface area contributed by atoms with E-state index < -0.39 is 12.1 Å². The van der Waals surface area contributed by atoms with Crippen LogP contribution in [0.5, 0.6) is 5.75 Å². The number of urea groups is 1. The topological polar surface area (TPSA) is 77.1 Å². The van der Waals surface area contributed by atoms with Crippen LogP contribution in [0.1, 0.15) is 27.6 Å². The van der Waals surface area contributed by atoms with Crippen molar-refractivity contribution in [2.45, 2.75) is 6.10 Å². The van der Waals surface area contributed by atoms with Crippen LogP contribution >= 0.6 is 0 Å². The largest absolute Gasteiger partial charge is 0.480 e. The zero-order valence-electron chi connectivity index (χ0n) is 18.4. The molecule has 2 amide bonds. The highest BCUT2D eigenvalue weighted by atomic mass is 16.5. The van der Waals surface area contributed by atoms with Crippen LogP contribution in [-0.4, -0.2) is 50.3 Å². The van der Waals surface area contributed by atoms with Gasteiger partial charge in [0, 0.05) is 18.8 Å². The first-order valence-corrected chi connectivity index (χ1v) is 10.8. The number of hydrogen-bond acceptors (Lipinski definition) is 5. The van der Waals surface area contributed by atoms with Crippen molar-refractivity contribution < 1.29 is 23.8 Å². The molecule has 3 aromatic rings. The number of rotatable bonds is 6. The molecule has 170 valence electrons. The number of benzene rings is 3. The first kappa shape index (κ1) is 22.4. The summed E-state index contributed by atoms with van der Waals surface area (Å²) in [5, 5.41) is 2.84. The maximum atomic E-state index is 12.6. The Morgan fingerprint density at radius 3 is 2.09 bits per heavy atom. The summed E-state index contributed by atoms with van der Waals surface area (Å²) in [6.07, 6.45) is -0.426. The molecule has 4 rings (SSSR count). The van der Waals surface area contributed by atoms with Gasteiger partial charge in [0.2, 0.25) is 0 Å². The second-order valence-corrected chi connectivity index (χ2v) is 7.55. The normalized spacial score (nSPS) is 13.5. The molecule has 33 heavy (non-hydrogen) atoms. The molecule has 0 unspecified atom stereocenters. The van der Waals surface area contributed by atoms with Gasteiger partial charge in [0.15, 0.2) is 0 Å². The number of ether oxygens (including phenoxy) is 3. The van der Waals surface area contributed by atoms with Gasteiger partial charge in [0.05, 0.1) is 20.3 Å². The van der Waals surface area contributed by atoms with Gasteiger partial charge in [-0.2, -0.15) is 0 Å². The molecule has 0 atom stereocenters. The van der Waals surface area contributed by atoms with Gasteiger partial charge in [-0.3, -0.25) is 0 Å². The van der Waals surface area contributed by atoms with E-state index >= 15 is 0 Å². The van der Waals surface area contributed by atoms with E-state index in [0.717, 1.165) is 11.1 Å². The summed E-state index contributed by atoms with van der Waals surface area (Å²) in [5.74, 6) is -0.184. The van der Waals surface area contributed by atoms with Gasteiger partial charge in [-0.15, -0.1) is 0 Å². The van der Waals surface area contributed by atoms with Crippen molar-refractivity contribution in [3.8, 4) is 5.75 Å². The molecule has 0 spiro atoms. The molecule has 1 aliphatic rings. The number of nitrogens with one attached hydrogen (secondary N) is 1. The fourth-order valence-electron chi connectivity index (χ4n) is 3.66. The van der Waals surface area contributed by atoms with Crippen molar-refractivity contribution in [2.75, 3.05) is 38.7 Å². The van der Waals surface area contributed by atoms with Crippen molar-refractivity contribution in [3.05, 3.63) is 95.6 Å². The van der Waals surface area contributed by atoms with Crippen molar-refractivity contribution in [1.82, 2.24) is 4.90 Å². The number of nitrogens with zero attached hydrogens (tertiary/aromatic N) is 1. The molecule has 3 aromatic carbocycles. The Balaban J connectivity index is 1.63. The van der Waals surface area contributed by atoms with Gasteiger partial charge in [-0.1, -0.05) is 60.7 Å². The van der Waals surface area contributed by atoms with Crippen LogP contribution in [-0.2, 0) is 9.47 Å². The molecular formula is C26H26N2O5. The second kappa shape index (κ2) is 10.7. The third-order valence-electron chi connectivity index (χ3n) is 5.38. The third kappa shape index (κ3) is 5.51. The highest BCUT2D eigenvalue weighted by molar-refractivity contribution is 5.96. The molecule has 1 fully saturated rings. The highest BCUT2D eigenvalue weighted by Gasteiger charge is 2.22. The van der Waals surface area contributed by atoms with Crippen LogP contribution in [0.2, 0.25) is 0 Å². The van der Waals surface area contributed by atoms with E-state index in [9.17, 15) is 9.59 Å². The highest BCUT2D eigenvalue weighted by Crippen LogP contribution is 2.32. The summed E-state index contributed by atoms with van der Waals surface area (Å²) in [4.78, 5) is 26.8. The Morgan fingerprint density at radius 2 is 1.52 bits per heavy atom. The number of hydrogen-bond donors (Lipinski definition) is 1. The molecule has 1 heterocycles. The van der Waals surface area contributed by atoms with Gasteiger partial charge in [0.1, 0.15) is 17.4 Å². The lowest BCUT2D eigenvalue weighted by atomic mass is 10.0. The maximum absolute atomic E-state index is 12.6. The molecule has 0 saturated carbocycles. The average molecular weight is 447 g/mol. The van der Waals surface area contributed by atoms with Crippen LogP contribution in [0.15, 0.2) is 78.9 Å². The average Bonchev–Trinajstić information content (AvgIpc) is 2.89. The predicted molar refractivity (Wildman–Crippen MR) is 125 cm³/mol. The maximum Gasteiger partial charge on any atom is 0.341 e. The van der Waals surface area contributed by atoms with E-state index in [1.165, 1.54) is 7.11 Å². The molecule has 7 nitrogen and oxygen atoms in total. The number of esters is 1. The van der Waals surface area contributed by atoms with E-state index in [2.05, 4.69) is 5.32 Å². The quantitative estimate of drug-likeness (QED) is 0.564. The molecule has 0 bridgehead atoms. The molecular weight excluding hydrogens is 420 g/mol. The van der Waals surface area contributed by atoms with E-state index in [4.69, 9.17) is 14.2 Å². The Bertz CT molecular complexity index is 1040. The van der Waals surface area contributed by atoms with E-state index in [1.54, 1.807) is 23.1 Å². The monoisotopic (exact) mass is 446 g/mol. The van der Waals surface area contributed by atoms with Gasteiger partial charge in [-0.25, -0.2) is 9.59 Å². The van der Waals surface area contributed by atoms with Crippen LogP contribution in [0.25, 0.3) is 0 Å². The van der Waals surface area contributed by atoms with Crippen molar-refractivity contribution >= 4 is 17.7 Å². The van der Waals surface area contributed by atoms with E-state index in [0.29, 0.717) is 37.7 Å². The SMILES string of the molecule is COC(=O)c1cc(NC(=O)N2CCOCC2)ccc1OC(c1ccccc1)c1ccccc1. The lowest BCUT2D eigenvalue weighted by molar-refractivity contribution is 0.0564. The first-order chi connectivity index (χ1) is 16.2. The van der Waals surface area contributed by atoms with Crippen molar-refractivity contribution in [3.63, 3.8) is 0 Å². The molecule has 0 aliphatic carbocycles. The fourth-order valence-corrected chi connectivity index (χ4v) is 3.66. The number of carbonyl (C=O) groups excluding carboxylic acids is 2. The smallest absolute Gasteiger partial charge is 0.341 e. The lowest BCUT2D eigenvalue weighted by Crippen LogP contribution is -2.43. The van der Waals surface area contributed by atoms with Crippen LogP contribution < -0.4 is 10.1 Å². The fraction of sp³-hybridized carbons (Fsp3) is 0.231. The molecule has 1 N–H and O–H groups in total. The van der Waals surface area contributed by atoms with Crippen LogP contribution in [0.4, 0.5) is 10.5 Å². The summed E-state index contributed by atoms with van der Waals surface area (Å²) in [5.41, 5.74) is 2.61. The Morgan fingerprint density at radius 1 is 0.909 bits per heavy atom. The summed E-state index contributed by atoms with van der Waals surface area (Å²) < 4.78 is 16.7. The zero-order chi connectivity index (χ0) is 23.0. The first-order valence-electron chi connectivity index (χ1n) is 10.8. The Hall–Kier alpha value is -3.84. The van der Waals surface area contributed by atoms with Crippen LogP contribution in [0, 0.1) is 0 Å². The number of methoxy groups -OCH3 is 1. The minimum Gasteiger partial charge on any atom is -0.480 e. The summed E-state index contributed by atoms with van der Waals surface area (Å²) >= 11 is 0. The second-order valence-electron chi connectivity index (χ2n) is 7.55. The van der Waals surface area contributed by atoms with Gasteiger partial charge >= 0.3 is 12.0 Å². The number of anilines is 1. The van der Waals surface area contributed by atoms with Crippen molar-refractivity contribution in [1.29, 1.82) is 0 Å². The molecule has 1 saturated heterocycles. The van der Waals surface area contributed by atoms with Gasteiger partial charge in [-0.05, 0) is 29.3 Å². The number of morpholine rings is 1. The van der Waals surface area contributed by atoms with Crippen molar-refractivity contribution in [2.24, 2.45) is 0 Å². The molecule has 0 aromatic heterocycles. The molecule has 7 heteroatoms. The summed E-state index contributed by atoms with van der Waals surface area (Å²) in [6.45, 7) is 2.06.